The van der Waals surface area contributed by atoms with Gasteiger partial charge in [0.25, 0.3) is 0 Å². The maximum Gasteiger partial charge on any atom is 0.317 e. The van der Waals surface area contributed by atoms with Crippen LogP contribution in [0, 0.1) is 11.3 Å². The normalized spacial score (nSPS) is 29.3. The molecular formula is C16H28N2O4S. The SMILES string of the molecule is CC1(CCS(=O)(=O)NC2CC(N(CC(=O)O)CC3CC3)C2)CC1. The molecule has 0 aromatic carbocycles. The van der Waals surface area contributed by atoms with Crippen molar-refractivity contribution in [2.75, 3.05) is 18.8 Å². The summed E-state index contributed by atoms with van der Waals surface area (Å²) in [6, 6.07) is 0.188. The summed E-state index contributed by atoms with van der Waals surface area (Å²) in [5, 5.41) is 9.04. The Kier molecular flexibility index (Phi) is 4.73. The largest absolute Gasteiger partial charge is 0.480 e. The predicted octanol–water partition coefficient (Wildman–Crippen LogP) is 1.42. The van der Waals surface area contributed by atoms with Gasteiger partial charge in [-0.25, -0.2) is 13.1 Å². The van der Waals surface area contributed by atoms with E-state index >= 15 is 0 Å². The van der Waals surface area contributed by atoms with Crippen LogP contribution in [0.15, 0.2) is 0 Å². The van der Waals surface area contributed by atoms with Gasteiger partial charge in [-0.05, 0) is 56.3 Å². The third-order valence-electron chi connectivity index (χ3n) is 5.58. The quantitative estimate of drug-likeness (QED) is 0.626. The number of carboxylic acid groups (broad SMARTS) is 1. The smallest absolute Gasteiger partial charge is 0.317 e. The second-order valence-corrected chi connectivity index (χ2v) is 9.96. The number of nitrogens with zero attached hydrogens (tertiary/aromatic N) is 1. The van der Waals surface area contributed by atoms with Crippen LogP contribution in [-0.2, 0) is 14.8 Å². The van der Waals surface area contributed by atoms with Gasteiger partial charge in [0.2, 0.25) is 10.0 Å². The van der Waals surface area contributed by atoms with Crippen molar-refractivity contribution in [3.63, 3.8) is 0 Å². The molecule has 3 aliphatic rings. The van der Waals surface area contributed by atoms with Crippen LogP contribution >= 0.6 is 0 Å². The van der Waals surface area contributed by atoms with Crippen molar-refractivity contribution >= 4 is 16.0 Å². The standard InChI is InChI=1S/C16H28N2O4S/c1-16(4-5-16)6-7-23(21,22)17-13-8-14(9-13)18(11-15(19)20)10-12-2-3-12/h12-14,17H,2-11H2,1H3,(H,19,20). The lowest BCUT2D eigenvalue weighted by molar-refractivity contribution is -0.139. The summed E-state index contributed by atoms with van der Waals surface area (Å²) in [5.41, 5.74) is 0.249. The van der Waals surface area contributed by atoms with E-state index in [2.05, 4.69) is 11.6 Å². The van der Waals surface area contributed by atoms with Gasteiger partial charge in [0.15, 0.2) is 0 Å². The van der Waals surface area contributed by atoms with Gasteiger partial charge in [-0.15, -0.1) is 0 Å². The number of nitrogens with one attached hydrogen (secondary N) is 1. The van der Waals surface area contributed by atoms with Gasteiger partial charge >= 0.3 is 5.97 Å². The van der Waals surface area contributed by atoms with E-state index < -0.39 is 16.0 Å². The summed E-state index contributed by atoms with van der Waals surface area (Å²) in [5.74, 6) is 0.0581. The van der Waals surface area contributed by atoms with Crippen LogP contribution in [0.25, 0.3) is 0 Å². The molecule has 0 spiro atoms. The molecule has 0 amide bonds. The second-order valence-electron chi connectivity index (χ2n) is 8.09. The first kappa shape index (κ1) is 17.2. The van der Waals surface area contributed by atoms with E-state index in [1.54, 1.807) is 0 Å². The molecule has 0 radical (unpaired) electrons. The highest BCUT2D eigenvalue weighted by Gasteiger charge is 2.40. The highest BCUT2D eigenvalue weighted by molar-refractivity contribution is 7.89. The molecule has 0 heterocycles. The van der Waals surface area contributed by atoms with E-state index in [0.29, 0.717) is 5.92 Å². The lowest BCUT2D eigenvalue weighted by atomic mass is 9.86. The third-order valence-corrected chi connectivity index (χ3v) is 7.02. The first-order valence-corrected chi connectivity index (χ1v) is 10.4. The second kappa shape index (κ2) is 6.33. The fourth-order valence-electron chi connectivity index (χ4n) is 3.29. The van der Waals surface area contributed by atoms with Crippen LogP contribution in [-0.4, -0.2) is 55.3 Å². The Labute approximate surface area is 138 Å². The summed E-state index contributed by atoms with van der Waals surface area (Å²) in [6.07, 6.45) is 6.87. The van der Waals surface area contributed by atoms with Gasteiger partial charge in [0.05, 0.1) is 12.3 Å². The van der Waals surface area contributed by atoms with Crippen molar-refractivity contribution < 1.29 is 18.3 Å². The highest BCUT2D eigenvalue weighted by Crippen LogP contribution is 2.48. The number of rotatable bonds is 10. The number of aliphatic carboxylic acids is 1. The molecule has 3 aliphatic carbocycles. The van der Waals surface area contributed by atoms with Crippen LogP contribution in [0.1, 0.15) is 51.9 Å². The Morgan fingerprint density at radius 1 is 1.30 bits per heavy atom. The Hall–Kier alpha value is -0.660. The molecule has 2 N–H and O–H groups in total. The molecule has 0 aromatic rings. The van der Waals surface area contributed by atoms with Gasteiger partial charge in [-0.1, -0.05) is 6.92 Å². The summed E-state index contributed by atoms with van der Waals surface area (Å²) >= 11 is 0. The molecule has 0 atom stereocenters. The third kappa shape index (κ3) is 5.16. The minimum absolute atomic E-state index is 0.0208. The molecule has 0 unspecified atom stereocenters. The molecule has 132 valence electrons. The molecule has 23 heavy (non-hydrogen) atoms. The van der Waals surface area contributed by atoms with E-state index in [1.807, 2.05) is 4.90 Å². The zero-order chi connectivity index (χ0) is 16.7. The molecule has 0 saturated heterocycles. The first-order chi connectivity index (χ1) is 10.7. The van der Waals surface area contributed by atoms with Crippen LogP contribution in [0.4, 0.5) is 0 Å². The van der Waals surface area contributed by atoms with Crippen molar-refractivity contribution in [3.05, 3.63) is 0 Å². The van der Waals surface area contributed by atoms with Crippen molar-refractivity contribution in [1.29, 1.82) is 0 Å². The topological polar surface area (TPSA) is 86.7 Å². The average Bonchev–Trinajstić information content (AvgIpc) is 3.30. The Morgan fingerprint density at radius 3 is 2.48 bits per heavy atom. The first-order valence-electron chi connectivity index (χ1n) is 8.71. The summed E-state index contributed by atoms with van der Waals surface area (Å²) in [6.45, 7) is 3.05. The number of hydrogen-bond acceptors (Lipinski definition) is 4. The molecule has 0 aromatic heterocycles. The minimum Gasteiger partial charge on any atom is -0.480 e. The van der Waals surface area contributed by atoms with Crippen molar-refractivity contribution in [1.82, 2.24) is 9.62 Å². The van der Waals surface area contributed by atoms with Crippen LogP contribution < -0.4 is 4.72 Å². The van der Waals surface area contributed by atoms with Gasteiger partial charge in [0, 0.05) is 18.6 Å². The minimum atomic E-state index is -3.20. The van der Waals surface area contributed by atoms with E-state index in [1.165, 1.54) is 12.8 Å². The fraction of sp³-hybridized carbons (Fsp3) is 0.938. The van der Waals surface area contributed by atoms with Crippen molar-refractivity contribution in [2.45, 2.75) is 64.0 Å². The summed E-state index contributed by atoms with van der Waals surface area (Å²) in [7, 11) is -3.20. The van der Waals surface area contributed by atoms with Crippen LogP contribution in [0.5, 0.6) is 0 Å². The van der Waals surface area contributed by atoms with Gasteiger partial charge in [0.1, 0.15) is 0 Å². The van der Waals surface area contributed by atoms with E-state index in [0.717, 1.165) is 38.6 Å². The average molecular weight is 344 g/mol. The van der Waals surface area contributed by atoms with Crippen LogP contribution in [0.3, 0.4) is 0 Å². The van der Waals surface area contributed by atoms with E-state index in [9.17, 15) is 13.2 Å². The maximum absolute atomic E-state index is 12.1. The highest BCUT2D eigenvalue weighted by atomic mass is 32.2. The zero-order valence-corrected chi connectivity index (χ0v) is 14.6. The molecule has 7 heteroatoms. The maximum atomic E-state index is 12.1. The van der Waals surface area contributed by atoms with Crippen molar-refractivity contribution in [2.24, 2.45) is 11.3 Å². The molecule has 0 bridgehead atoms. The number of hydrogen-bond donors (Lipinski definition) is 2. The molecular weight excluding hydrogens is 316 g/mol. The molecule has 3 rings (SSSR count). The summed E-state index contributed by atoms with van der Waals surface area (Å²) in [4.78, 5) is 13.0. The van der Waals surface area contributed by atoms with Gasteiger partial charge in [-0.2, -0.15) is 0 Å². The Balaban J connectivity index is 1.42. The van der Waals surface area contributed by atoms with Crippen LogP contribution in [0.2, 0.25) is 0 Å². The molecule has 3 fully saturated rings. The van der Waals surface area contributed by atoms with Gasteiger partial charge in [-0.3, -0.25) is 9.69 Å². The number of carboxylic acids is 1. The Bertz CT molecular complexity index is 548. The molecule has 6 nitrogen and oxygen atoms in total. The zero-order valence-electron chi connectivity index (χ0n) is 13.8. The van der Waals surface area contributed by atoms with E-state index in [-0.39, 0.29) is 29.8 Å². The van der Waals surface area contributed by atoms with E-state index in [4.69, 9.17) is 5.11 Å². The fourth-order valence-corrected chi connectivity index (χ4v) is 4.87. The monoisotopic (exact) mass is 344 g/mol. The van der Waals surface area contributed by atoms with Gasteiger partial charge < -0.3 is 5.11 Å². The lowest BCUT2D eigenvalue weighted by Crippen LogP contribution is -2.55. The predicted molar refractivity (Wildman–Crippen MR) is 87.6 cm³/mol. The summed E-state index contributed by atoms with van der Waals surface area (Å²) < 4.78 is 27.1. The number of sulfonamides is 1. The lowest BCUT2D eigenvalue weighted by Gasteiger charge is -2.42. The molecule has 0 aliphatic heterocycles. The Morgan fingerprint density at radius 2 is 1.96 bits per heavy atom. The molecule has 3 saturated carbocycles. The van der Waals surface area contributed by atoms with Crippen molar-refractivity contribution in [3.8, 4) is 0 Å². The number of carbonyl (C=O) groups is 1.